The van der Waals surface area contributed by atoms with E-state index >= 15 is 0 Å². The summed E-state index contributed by atoms with van der Waals surface area (Å²) in [6, 6.07) is 0. The maximum atomic E-state index is 11.4. The van der Waals surface area contributed by atoms with Crippen molar-refractivity contribution in [3.8, 4) is 0 Å². The van der Waals surface area contributed by atoms with E-state index in [9.17, 15) is 43.2 Å². The third kappa shape index (κ3) is 17.4. The van der Waals surface area contributed by atoms with Crippen LogP contribution in [0.2, 0.25) is 0 Å². The van der Waals surface area contributed by atoms with Crippen LogP contribution >= 0.6 is 11.8 Å². The highest BCUT2D eigenvalue weighted by atomic mass is 32.3. The highest BCUT2D eigenvalue weighted by molar-refractivity contribution is 8.13. The molecular weight excluding hydrogens is 592 g/mol. The van der Waals surface area contributed by atoms with Gasteiger partial charge in [-0.15, -0.1) is 0 Å². The van der Waals surface area contributed by atoms with Crippen molar-refractivity contribution in [3.63, 3.8) is 0 Å². The van der Waals surface area contributed by atoms with E-state index in [2.05, 4.69) is 60.5 Å². The van der Waals surface area contributed by atoms with Crippen LogP contribution in [0, 0.1) is 0 Å². The molecule has 0 amide bonds. The molecule has 1 rings (SSSR count). The van der Waals surface area contributed by atoms with Gasteiger partial charge in [-0.2, -0.15) is 38.1 Å². The molecule has 0 aliphatic rings. The van der Waals surface area contributed by atoms with Crippen molar-refractivity contribution >= 4 is 31.8 Å². The molecule has 0 radical (unpaired) electrons. The van der Waals surface area contributed by atoms with Crippen molar-refractivity contribution in [2.24, 2.45) is 7.05 Å². The van der Waals surface area contributed by atoms with Gasteiger partial charge in [0, 0.05) is 5.25 Å². The fourth-order valence-electron chi connectivity index (χ4n) is 3.35. The summed E-state index contributed by atoms with van der Waals surface area (Å²) in [6.07, 6.45) is 23.3. The summed E-state index contributed by atoms with van der Waals surface area (Å²) in [6.45, 7) is 5.89. The predicted molar refractivity (Wildman–Crippen MR) is 142 cm³/mol. The molecule has 0 saturated heterocycles. The Balaban J connectivity index is 0.000000830. The van der Waals surface area contributed by atoms with Gasteiger partial charge in [-0.3, -0.25) is 0 Å². The Morgan fingerprint density at radius 3 is 1.79 bits per heavy atom. The van der Waals surface area contributed by atoms with Gasteiger partial charge in [-0.25, -0.2) is 26.0 Å². The normalized spacial score (nSPS) is 13.7. The van der Waals surface area contributed by atoms with Crippen molar-refractivity contribution in [3.05, 3.63) is 22.8 Å². The third-order valence-electron chi connectivity index (χ3n) is 5.53. The second-order valence-corrected chi connectivity index (χ2v) is 14.2. The number of sulfonamides is 2. The molecule has 0 saturated carbocycles. The van der Waals surface area contributed by atoms with Crippen molar-refractivity contribution in [2.45, 2.75) is 114 Å². The quantitative estimate of drug-likeness (QED) is 0.0969. The van der Waals surface area contributed by atoms with Gasteiger partial charge in [0.15, 0.2) is 20.0 Å². The van der Waals surface area contributed by atoms with Gasteiger partial charge in [0.25, 0.3) is 0 Å². The first-order chi connectivity index (χ1) is 17.9. The van der Waals surface area contributed by atoms with Crippen molar-refractivity contribution in [1.82, 2.24) is 4.57 Å². The van der Waals surface area contributed by atoms with Crippen LogP contribution in [-0.2, 0) is 33.6 Å². The first kappa shape index (κ1) is 38.0. The molecule has 0 spiro atoms. The van der Waals surface area contributed by atoms with Gasteiger partial charge >= 0.3 is 11.0 Å². The average molecular weight is 634 g/mol. The Morgan fingerprint density at radius 1 is 0.821 bits per heavy atom. The molecule has 0 aromatic carbocycles. The highest BCUT2D eigenvalue weighted by Crippen LogP contribution is 2.36. The summed E-state index contributed by atoms with van der Waals surface area (Å²) in [5.41, 5.74) is -12.4. The molecule has 0 fully saturated rings. The van der Waals surface area contributed by atoms with Gasteiger partial charge in [0.1, 0.15) is 12.4 Å². The van der Waals surface area contributed by atoms with Crippen LogP contribution in [0.5, 0.6) is 0 Å². The zero-order valence-electron chi connectivity index (χ0n) is 22.7. The van der Waals surface area contributed by atoms with Gasteiger partial charge in [0.05, 0.1) is 13.6 Å². The lowest BCUT2D eigenvalue weighted by atomic mass is 10.1. The molecule has 16 heteroatoms. The lowest BCUT2D eigenvalue weighted by molar-refractivity contribution is -0.671. The van der Waals surface area contributed by atoms with Gasteiger partial charge in [-0.05, 0) is 31.4 Å². The van der Waals surface area contributed by atoms with E-state index in [0.717, 1.165) is 9.38 Å². The zero-order valence-corrected chi connectivity index (χ0v) is 25.1. The fourth-order valence-corrected chi connectivity index (χ4v) is 6.17. The lowest BCUT2D eigenvalue weighted by Gasteiger charge is -2.22. The summed E-state index contributed by atoms with van der Waals surface area (Å²) < 4.78 is 114. The third-order valence-corrected chi connectivity index (χ3v) is 9.60. The van der Waals surface area contributed by atoms with Crippen LogP contribution in [0.25, 0.3) is 4.13 Å². The van der Waals surface area contributed by atoms with E-state index in [1.165, 1.54) is 89.3 Å². The number of alkyl halides is 6. The number of imidazole rings is 1. The summed E-state index contributed by atoms with van der Waals surface area (Å²) in [7, 11) is -11.4. The van der Waals surface area contributed by atoms with E-state index in [4.69, 9.17) is 0 Å². The molecule has 1 aromatic heterocycles. The molecule has 1 heterocycles. The van der Waals surface area contributed by atoms with Gasteiger partial charge in [0.2, 0.25) is 6.33 Å². The Hall–Kier alpha value is -1.00. The van der Waals surface area contributed by atoms with Crippen LogP contribution in [-0.4, -0.2) is 43.4 Å². The Morgan fingerprint density at radius 2 is 1.31 bits per heavy atom. The molecule has 1 unspecified atom stereocenters. The number of aromatic nitrogens is 2. The summed E-state index contributed by atoms with van der Waals surface area (Å²) >= 11 is 2.20. The first-order valence-corrected chi connectivity index (χ1v) is 16.8. The number of aryl methyl sites for hydroxylation is 2. The monoisotopic (exact) mass is 633 g/mol. The fraction of sp³-hybridized carbons (Fsp3) is 0.870. The van der Waals surface area contributed by atoms with Crippen molar-refractivity contribution in [1.29, 1.82) is 0 Å². The molecule has 1 atom stereocenters. The number of hydrogen-bond acceptors (Lipinski definition) is 5. The standard InChI is InChI=1S/C21H41N2S.C2F6NO4S2/c1-4-5-6-9-12-15-21(2)24-19-14-11-8-7-10-13-16-23-18-17-22(3)20-23;3-1(4,5)14(10,11)9-15(12,13)2(6,7)8/h17-18,20-21H,4-16,19H2,1-3H3;/q+1;-1. The van der Waals surface area contributed by atoms with Crippen LogP contribution < -0.4 is 4.57 Å². The molecular formula is C23H41F6N3O4S3. The first-order valence-electron chi connectivity index (χ1n) is 12.9. The van der Waals surface area contributed by atoms with Crippen LogP contribution in [0.4, 0.5) is 26.3 Å². The van der Waals surface area contributed by atoms with Crippen LogP contribution in [0.15, 0.2) is 18.7 Å². The molecule has 7 nitrogen and oxygen atoms in total. The van der Waals surface area contributed by atoms with Crippen molar-refractivity contribution in [2.75, 3.05) is 5.75 Å². The number of halogens is 6. The van der Waals surface area contributed by atoms with E-state index in [0.29, 0.717) is 0 Å². The zero-order chi connectivity index (χ0) is 30.2. The average Bonchev–Trinajstić information content (AvgIpc) is 3.21. The summed E-state index contributed by atoms with van der Waals surface area (Å²) in [5, 5.41) is 0.870. The number of unbranched alkanes of at least 4 members (excludes halogenated alkanes) is 9. The molecule has 232 valence electrons. The SMILES string of the molecule is CCCCCCCC(C)SCCCCCCCCn1cc[n+](C)c1.O=S(=O)([N-]S(=O)(=O)C(F)(F)F)C(F)(F)F. The number of thioether (sulfide) groups is 1. The minimum atomic E-state index is -6.72. The number of nitrogens with zero attached hydrogens (tertiary/aromatic N) is 3. The minimum Gasteiger partial charge on any atom is -0.421 e. The summed E-state index contributed by atoms with van der Waals surface area (Å²) in [4.78, 5) is 0. The molecule has 0 aliphatic carbocycles. The van der Waals surface area contributed by atoms with Crippen LogP contribution in [0.3, 0.4) is 0 Å². The van der Waals surface area contributed by atoms with Gasteiger partial charge in [-0.1, -0.05) is 65.2 Å². The highest BCUT2D eigenvalue weighted by Gasteiger charge is 2.46. The molecule has 1 aromatic rings. The summed E-state index contributed by atoms with van der Waals surface area (Å²) in [5.74, 6) is 1.37. The smallest absolute Gasteiger partial charge is 0.421 e. The second kappa shape index (κ2) is 18.4. The van der Waals surface area contributed by atoms with Crippen LogP contribution in [0.1, 0.15) is 90.9 Å². The minimum absolute atomic E-state index is 0.778. The van der Waals surface area contributed by atoms with Crippen molar-refractivity contribution < 1.29 is 47.7 Å². The molecule has 0 aliphatic heterocycles. The number of hydrogen-bond donors (Lipinski definition) is 0. The molecule has 39 heavy (non-hydrogen) atoms. The maximum absolute atomic E-state index is 11.4. The van der Waals surface area contributed by atoms with Gasteiger partial charge < -0.3 is 4.13 Å². The second-order valence-electron chi connectivity index (χ2n) is 9.24. The number of rotatable bonds is 18. The molecule has 0 bridgehead atoms. The van der Waals surface area contributed by atoms with E-state index in [-0.39, 0.29) is 0 Å². The van der Waals surface area contributed by atoms with E-state index in [1.807, 2.05) is 0 Å². The lowest BCUT2D eigenvalue weighted by Crippen LogP contribution is -2.30. The van der Waals surface area contributed by atoms with E-state index in [1.54, 1.807) is 0 Å². The maximum Gasteiger partial charge on any atom is 0.480 e. The predicted octanol–water partition coefficient (Wildman–Crippen LogP) is 7.19. The topological polar surface area (TPSA) is 91.2 Å². The Labute approximate surface area is 233 Å². The van der Waals surface area contributed by atoms with E-state index < -0.39 is 31.1 Å². The Kier molecular flexibility index (Phi) is 18.0. The molecule has 0 N–H and O–H groups in total. The largest absolute Gasteiger partial charge is 0.480 e. The Bertz CT molecular complexity index is 955.